The predicted molar refractivity (Wildman–Crippen MR) is 501 cm³/mol. The molecule has 696 valence electrons. The van der Waals surface area contributed by atoms with Crippen molar-refractivity contribution >= 4 is 81.5 Å². The van der Waals surface area contributed by atoms with Gasteiger partial charge in [0.05, 0.1) is 82.6 Å². The highest BCUT2D eigenvalue weighted by atomic mass is 19.1. The van der Waals surface area contributed by atoms with E-state index in [-0.39, 0.29) is 53.4 Å². The Labute approximate surface area is 773 Å². The number of aryl methyl sites for hydroxylation is 5. The number of benzene rings is 4. The van der Waals surface area contributed by atoms with E-state index in [0.29, 0.717) is 74.7 Å². The maximum atomic E-state index is 15.4. The van der Waals surface area contributed by atoms with Crippen LogP contribution in [0.25, 0.3) is 33.4 Å². The van der Waals surface area contributed by atoms with Gasteiger partial charge in [-0.15, -0.1) is 0 Å². The minimum Gasteiger partial charge on any atom is -0.465 e. The summed E-state index contributed by atoms with van der Waals surface area (Å²) in [5.74, 6) is 3.86. The molecule has 18 heterocycles. The normalized spacial score (nSPS) is 18.9. The molecule has 0 radical (unpaired) electrons. The first-order valence-electron chi connectivity index (χ1n) is 47.2. The molecule has 11 aromatic rings. The summed E-state index contributed by atoms with van der Waals surface area (Å²) in [5.41, 5.74) is 25.4. The molecule has 0 spiro atoms. The van der Waals surface area contributed by atoms with Gasteiger partial charge < -0.3 is 63.5 Å². The van der Waals surface area contributed by atoms with Crippen molar-refractivity contribution < 1.29 is 52.1 Å². The summed E-state index contributed by atoms with van der Waals surface area (Å²) in [6.07, 6.45) is 23.3. The lowest BCUT2D eigenvalue weighted by atomic mass is 9.86. The molecule has 133 heavy (non-hydrogen) atoms. The smallest absolute Gasteiger partial charge is 0.337 e. The SMILES string of the molecule is CC(=O)N1CCc2c(c(N3CCCc4cc(-c5cnn(C)c5)c(F)cc43)nn2C2CCOCC2)C1.CC[C@@H]1CCN(c2nn([C@H]3CCOC3)c3c2CN(C(C)=O)CC3)c2ccc(-c3cnn(C)c3)cc21.CNC(=O)c1ccc(-c2ccc3c(c2)CCCN3c2nn([C@H]3CCOC3)c3c2CN(C(C)=O)CC3)cn1.COC(=O)c1ccc2c(c1)N(c1nn(C)c3c1CN(C(C)=O)CC3)CC2. The summed E-state index contributed by atoms with van der Waals surface area (Å²) in [5, 5.41) is 31.5. The molecule has 11 aliphatic heterocycles. The number of pyridine rings is 1. The molecule has 1 N–H and O–H groups in total. The van der Waals surface area contributed by atoms with E-state index in [9.17, 15) is 28.8 Å². The molecule has 22 rings (SSSR count). The molecule has 33 heteroatoms. The number of hydrogen-bond acceptors (Lipinski definition) is 21. The molecule has 7 aromatic heterocycles. The number of esters is 1. The minimum absolute atomic E-state index is 0.0756. The van der Waals surface area contributed by atoms with Crippen LogP contribution in [0.1, 0.15) is 198 Å². The van der Waals surface area contributed by atoms with Crippen molar-refractivity contribution in [1.29, 1.82) is 0 Å². The number of nitrogens with one attached hydrogen (secondary N) is 1. The highest BCUT2D eigenvalue weighted by Gasteiger charge is 2.41. The van der Waals surface area contributed by atoms with E-state index in [4.69, 9.17) is 39.3 Å². The first-order valence-corrected chi connectivity index (χ1v) is 47.2. The molecule has 0 saturated carbocycles. The third kappa shape index (κ3) is 17.7. The van der Waals surface area contributed by atoms with Crippen LogP contribution in [0.15, 0.2) is 110 Å². The maximum absolute atomic E-state index is 15.4. The van der Waals surface area contributed by atoms with Gasteiger partial charge in [-0.2, -0.15) is 30.6 Å². The minimum atomic E-state index is -0.342. The van der Waals surface area contributed by atoms with Gasteiger partial charge in [0.25, 0.3) is 5.91 Å². The van der Waals surface area contributed by atoms with E-state index in [1.165, 1.54) is 74.6 Å². The summed E-state index contributed by atoms with van der Waals surface area (Å²) >= 11 is 0. The second-order valence-electron chi connectivity index (χ2n) is 36.8. The molecule has 0 aliphatic carbocycles. The lowest BCUT2D eigenvalue weighted by Gasteiger charge is -2.36. The Morgan fingerprint density at radius 1 is 0.451 bits per heavy atom. The number of fused-ring (bicyclic) bond motifs is 8. The van der Waals surface area contributed by atoms with Crippen molar-refractivity contribution in [3.63, 3.8) is 0 Å². The highest BCUT2D eigenvalue weighted by Crippen LogP contribution is 2.49. The zero-order valence-electron chi connectivity index (χ0n) is 77.9. The summed E-state index contributed by atoms with van der Waals surface area (Å²) in [6, 6.07) is 27.2. The molecule has 5 amide bonds. The average molecular weight is 1810 g/mol. The van der Waals surface area contributed by atoms with Crippen molar-refractivity contribution in [2.75, 3.05) is 126 Å². The van der Waals surface area contributed by atoms with Crippen LogP contribution in [-0.2, 0) is 130 Å². The van der Waals surface area contributed by atoms with Gasteiger partial charge in [0, 0.05) is 269 Å². The van der Waals surface area contributed by atoms with E-state index in [1.54, 1.807) is 70.0 Å². The van der Waals surface area contributed by atoms with Crippen LogP contribution in [0.3, 0.4) is 0 Å². The standard InChI is InChI=1S/C28H32N6O3.C27H34N6O2.C26H31FN6O2.C19H22N4O3/c1-18(35)32-12-9-26-23(16-32)27(31-34(26)22-10-13-37-17-22)33-11-3-4-20-14-19(6-8-25(20)33)21-5-7-24(30-15-21)28(36)29-2;1-4-19-7-11-32(25-6-5-20(13-23(19)25)21-14-28-30(3)15-21)27-24-16-31(18(2)34)10-8-26(24)33(29-27)22-9-12-35-17-22;1-17(34)31-9-5-24-22(16-31)26(29-33(24)20-6-10-35-11-7-20)32-8-3-4-18-12-21(23(27)13-25(18)32)19-14-28-30(2)15-19;1-12(24)22-8-7-16-15(11-22)18(20-21(16)2)23-9-6-13-4-5-14(10-17(13)23)19(25)26-3/h5-8,14-15,22H,3-4,9-13,16-17H2,1-2H3,(H,29,36);5-6,13-15,19,22H,4,7-12,16-17H2,1-3H3;12-15,20H,3-11,16H2,1-2H3;4-5,10H,6-9,11H2,1-3H3/t22-;19-,22+;;/m01../s1. The van der Waals surface area contributed by atoms with Gasteiger partial charge in [-0.3, -0.25) is 57.0 Å². The van der Waals surface area contributed by atoms with Gasteiger partial charge in [-0.25, -0.2) is 9.18 Å². The van der Waals surface area contributed by atoms with E-state index in [2.05, 4.69) is 104 Å². The summed E-state index contributed by atoms with van der Waals surface area (Å²) in [7, 11) is 8.74. The molecule has 3 atom stereocenters. The monoisotopic (exact) mass is 1810 g/mol. The molecule has 4 aromatic carbocycles. The Kier molecular flexibility index (Phi) is 25.5. The number of hydrogen-bond donors (Lipinski definition) is 1. The number of aromatic nitrogens is 13. The summed E-state index contributed by atoms with van der Waals surface area (Å²) in [4.78, 5) is 93.4. The molecule has 3 saturated heterocycles. The lowest BCUT2D eigenvalue weighted by Crippen LogP contribution is -2.36. The fraction of sp³-hybridized carbons (Fsp3) is 0.470. The van der Waals surface area contributed by atoms with Crippen molar-refractivity contribution in [3.05, 3.63) is 194 Å². The van der Waals surface area contributed by atoms with Crippen LogP contribution in [0.5, 0.6) is 0 Å². The first-order chi connectivity index (χ1) is 64.5. The highest BCUT2D eigenvalue weighted by molar-refractivity contribution is 5.93. The zero-order valence-corrected chi connectivity index (χ0v) is 77.9. The van der Waals surface area contributed by atoms with Crippen LogP contribution < -0.4 is 24.9 Å². The van der Waals surface area contributed by atoms with Gasteiger partial charge in [0.1, 0.15) is 11.5 Å². The van der Waals surface area contributed by atoms with Crippen LogP contribution in [0, 0.1) is 5.82 Å². The Balaban J connectivity index is 0.000000115. The summed E-state index contributed by atoms with van der Waals surface area (Å²) < 4.78 is 49.3. The third-order valence-electron chi connectivity index (χ3n) is 28.7. The van der Waals surface area contributed by atoms with E-state index in [1.807, 2.05) is 86.8 Å². The lowest BCUT2D eigenvalue weighted by molar-refractivity contribution is -0.130. The quantitative estimate of drug-likeness (QED) is 0.105. The number of amides is 5. The van der Waals surface area contributed by atoms with Crippen LogP contribution in [0.2, 0.25) is 0 Å². The zero-order chi connectivity index (χ0) is 92.1. The second-order valence-corrected chi connectivity index (χ2v) is 36.8. The topological polar surface area (TPSA) is 297 Å². The molecule has 0 unspecified atom stereocenters. The van der Waals surface area contributed by atoms with Gasteiger partial charge in [0.15, 0.2) is 23.3 Å². The van der Waals surface area contributed by atoms with Crippen molar-refractivity contribution in [1.82, 2.24) is 88.6 Å². The fourth-order valence-corrected chi connectivity index (χ4v) is 21.4. The first kappa shape index (κ1) is 89.3. The van der Waals surface area contributed by atoms with Crippen molar-refractivity contribution in [2.45, 2.75) is 181 Å². The van der Waals surface area contributed by atoms with Crippen LogP contribution >= 0.6 is 0 Å². The fourth-order valence-electron chi connectivity index (χ4n) is 21.4. The number of carbonyl (C=O) groups excluding carboxylic acids is 6. The van der Waals surface area contributed by atoms with Gasteiger partial charge in [-0.05, 0) is 165 Å². The Morgan fingerprint density at radius 2 is 0.932 bits per heavy atom. The molecule has 3 fully saturated rings. The van der Waals surface area contributed by atoms with Crippen LogP contribution in [-0.4, -0.2) is 225 Å². The largest absolute Gasteiger partial charge is 0.465 e. The molecular formula is C100H119FN22O10. The molecule has 0 bridgehead atoms. The maximum Gasteiger partial charge on any atom is 0.337 e. The number of methoxy groups -OCH3 is 1. The third-order valence-corrected chi connectivity index (χ3v) is 28.7. The molecular weight excluding hydrogens is 1690 g/mol. The van der Waals surface area contributed by atoms with Gasteiger partial charge >= 0.3 is 5.97 Å². The van der Waals surface area contributed by atoms with Crippen LogP contribution in [0.4, 0.5) is 50.4 Å². The number of nitrogens with zero attached hydrogens (tertiary/aromatic N) is 21. The number of ether oxygens (including phenoxy) is 4. The molecule has 11 aliphatic rings. The second kappa shape index (κ2) is 38.0. The van der Waals surface area contributed by atoms with E-state index in [0.717, 1.165) is 242 Å². The van der Waals surface area contributed by atoms with E-state index >= 15 is 4.39 Å². The van der Waals surface area contributed by atoms with Gasteiger partial charge in [-0.1, -0.05) is 31.2 Å². The van der Waals surface area contributed by atoms with Crippen molar-refractivity contribution in [3.8, 4) is 33.4 Å². The van der Waals surface area contributed by atoms with Crippen molar-refractivity contribution in [2.24, 2.45) is 21.1 Å². The predicted octanol–water partition coefficient (Wildman–Crippen LogP) is 13.0. The average Bonchev–Trinajstić information content (AvgIpc) is 1.58. The Hall–Kier alpha value is -12.9. The number of carbonyl (C=O) groups is 6. The number of rotatable bonds is 13. The Bertz CT molecular complexity index is 6260. The van der Waals surface area contributed by atoms with Gasteiger partial charge in [0.2, 0.25) is 23.6 Å². The van der Waals surface area contributed by atoms with E-state index < -0.39 is 0 Å². The number of anilines is 8. The Morgan fingerprint density at radius 3 is 1.45 bits per heavy atom. The summed E-state index contributed by atoms with van der Waals surface area (Å²) in [6.45, 7) is 21.9. The molecule has 32 nitrogen and oxygen atoms in total. The number of halogens is 1.